The molecular formula is C30H19NO. The average molecular weight is 409 g/mol. The molecule has 1 heterocycles. The third kappa shape index (κ3) is 2.35. The van der Waals surface area contributed by atoms with Crippen molar-refractivity contribution in [2.45, 2.75) is 0 Å². The number of furan rings is 1. The van der Waals surface area contributed by atoms with Crippen molar-refractivity contribution < 1.29 is 4.42 Å². The Bertz CT molecular complexity index is 1810. The second-order valence-corrected chi connectivity index (χ2v) is 8.39. The molecule has 2 nitrogen and oxygen atoms in total. The van der Waals surface area contributed by atoms with Crippen molar-refractivity contribution in [3.8, 4) is 11.1 Å². The monoisotopic (exact) mass is 409 g/mol. The van der Waals surface area contributed by atoms with E-state index in [2.05, 4.69) is 84.9 Å². The van der Waals surface area contributed by atoms with Crippen molar-refractivity contribution in [2.24, 2.45) is 0 Å². The normalized spacial score (nSPS) is 11.9. The highest BCUT2D eigenvalue weighted by Gasteiger charge is 2.14. The van der Waals surface area contributed by atoms with E-state index in [9.17, 15) is 0 Å². The largest absolute Gasteiger partial charge is 0.455 e. The van der Waals surface area contributed by atoms with Gasteiger partial charge in [-0.1, -0.05) is 78.9 Å². The SMILES string of the molecule is Nc1ccc2c(c1)oc1c(-c3ccc4c5ccccc5c5ccccc5c4c3)cccc12. The number of rotatable bonds is 1. The summed E-state index contributed by atoms with van der Waals surface area (Å²) in [5, 5.41) is 9.86. The first-order valence-corrected chi connectivity index (χ1v) is 10.8. The Morgan fingerprint density at radius 2 is 1.06 bits per heavy atom. The summed E-state index contributed by atoms with van der Waals surface area (Å²) in [6, 6.07) is 36.3. The van der Waals surface area contributed by atoms with Gasteiger partial charge in [-0.15, -0.1) is 0 Å². The van der Waals surface area contributed by atoms with Gasteiger partial charge in [0.1, 0.15) is 11.2 Å². The van der Waals surface area contributed by atoms with E-state index in [1.54, 1.807) is 0 Å². The van der Waals surface area contributed by atoms with Crippen molar-refractivity contribution in [2.75, 3.05) is 5.73 Å². The molecule has 6 aromatic carbocycles. The van der Waals surface area contributed by atoms with E-state index in [1.807, 2.05) is 18.2 Å². The molecule has 7 rings (SSSR count). The third-order valence-corrected chi connectivity index (χ3v) is 6.58. The van der Waals surface area contributed by atoms with Gasteiger partial charge in [-0.2, -0.15) is 0 Å². The van der Waals surface area contributed by atoms with Gasteiger partial charge in [-0.05, 0) is 56.1 Å². The van der Waals surface area contributed by atoms with Crippen molar-refractivity contribution in [1.82, 2.24) is 0 Å². The zero-order chi connectivity index (χ0) is 21.2. The maximum Gasteiger partial charge on any atom is 0.143 e. The smallest absolute Gasteiger partial charge is 0.143 e. The minimum Gasteiger partial charge on any atom is -0.455 e. The molecule has 1 aromatic heterocycles. The van der Waals surface area contributed by atoms with Crippen LogP contribution in [0, 0.1) is 0 Å². The molecule has 0 spiro atoms. The first-order chi connectivity index (χ1) is 15.8. The summed E-state index contributed by atoms with van der Waals surface area (Å²) < 4.78 is 6.31. The number of nitrogens with two attached hydrogens (primary N) is 1. The summed E-state index contributed by atoms with van der Waals surface area (Å²) in [5.41, 5.74) is 10.7. The van der Waals surface area contributed by atoms with Crippen LogP contribution in [0.1, 0.15) is 0 Å². The minimum absolute atomic E-state index is 0.710. The van der Waals surface area contributed by atoms with Crippen LogP contribution in [0.15, 0.2) is 108 Å². The number of hydrogen-bond donors (Lipinski definition) is 1. The predicted molar refractivity (Wildman–Crippen MR) is 136 cm³/mol. The standard InChI is InChI=1S/C30H19NO/c31-19-13-15-26-27-11-5-10-20(30(27)32-29(26)17-19)18-12-14-25-23-8-2-1-6-21(23)22-7-3-4-9-24(22)28(25)16-18/h1-17H,31H2. The quantitative estimate of drug-likeness (QED) is 0.219. The van der Waals surface area contributed by atoms with Gasteiger partial charge in [0, 0.05) is 28.1 Å². The van der Waals surface area contributed by atoms with Gasteiger partial charge in [0.05, 0.1) is 0 Å². The number of fused-ring (bicyclic) bond motifs is 9. The Kier molecular flexibility index (Phi) is 3.45. The number of hydrogen-bond acceptors (Lipinski definition) is 2. The van der Waals surface area contributed by atoms with Gasteiger partial charge in [-0.3, -0.25) is 0 Å². The van der Waals surface area contributed by atoms with Gasteiger partial charge >= 0.3 is 0 Å². The summed E-state index contributed by atoms with van der Waals surface area (Å²) in [6.07, 6.45) is 0. The lowest BCUT2D eigenvalue weighted by atomic mass is 9.92. The number of benzene rings is 6. The number of para-hydroxylation sites is 1. The Morgan fingerprint density at radius 3 is 1.78 bits per heavy atom. The Hall–Kier alpha value is -4.30. The zero-order valence-electron chi connectivity index (χ0n) is 17.3. The molecule has 2 heteroatoms. The summed E-state index contributed by atoms with van der Waals surface area (Å²) in [5.74, 6) is 0. The molecule has 0 aliphatic rings. The predicted octanol–water partition coefficient (Wildman–Crippen LogP) is 8.29. The van der Waals surface area contributed by atoms with Gasteiger partial charge in [-0.25, -0.2) is 0 Å². The van der Waals surface area contributed by atoms with E-state index in [1.165, 1.54) is 32.3 Å². The highest BCUT2D eigenvalue weighted by atomic mass is 16.3. The van der Waals surface area contributed by atoms with E-state index in [-0.39, 0.29) is 0 Å². The van der Waals surface area contributed by atoms with Crippen LogP contribution in [-0.4, -0.2) is 0 Å². The molecule has 150 valence electrons. The fraction of sp³-hybridized carbons (Fsp3) is 0. The molecule has 0 amide bonds. The molecule has 0 fully saturated rings. The van der Waals surface area contributed by atoms with Gasteiger partial charge in [0.2, 0.25) is 0 Å². The number of nitrogen functional groups attached to an aromatic ring is 1. The second kappa shape index (κ2) is 6.35. The first-order valence-electron chi connectivity index (χ1n) is 10.8. The maximum atomic E-state index is 6.31. The third-order valence-electron chi connectivity index (χ3n) is 6.58. The first kappa shape index (κ1) is 17.4. The van der Waals surface area contributed by atoms with E-state index in [0.717, 1.165) is 33.1 Å². The van der Waals surface area contributed by atoms with E-state index >= 15 is 0 Å². The lowest BCUT2D eigenvalue weighted by molar-refractivity contribution is 0.670. The zero-order valence-corrected chi connectivity index (χ0v) is 17.3. The van der Waals surface area contributed by atoms with Crippen molar-refractivity contribution >= 4 is 59.9 Å². The van der Waals surface area contributed by atoms with E-state index < -0.39 is 0 Å². The van der Waals surface area contributed by atoms with Crippen LogP contribution in [0.2, 0.25) is 0 Å². The average Bonchev–Trinajstić information content (AvgIpc) is 3.21. The molecule has 0 aliphatic heterocycles. The molecule has 0 aliphatic carbocycles. The summed E-state index contributed by atoms with van der Waals surface area (Å²) in [7, 11) is 0. The lowest BCUT2D eigenvalue weighted by Crippen LogP contribution is -1.85. The molecule has 32 heavy (non-hydrogen) atoms. The van der Waals surface area contributed by atoms with Crippen LogP contribution in [0.5, 0.6) is 0 Å². The van der Waals surface area contributed by atoms with Gasteiger partial charge < -0.3 is 10.2 Å². The molecule has 0 bridgehead atoms. The molecule has 7 aromatic rings. The van der Waals surface area contributed by atoms with Gasteiger partial charge in [0.25, 0.3) is 0 Å². The summed E-state index contributed by atoms with van der Waals surface area (Å²) in [4.78, 5) is 0. The summed E-state index contributed by atoms with van der Waals surface area (Å²) in [6.45, 7) is 0. The van der Waals surface area contributed by atoms with Crippen molar-refractivity contribution in [1.29, 1.82) is 0 Å². The fourth-order valence-corrected chi connectivity index (χ4v) is 5.12. The molecule has 0 atom stereocenters. The lowest BCUT2D eigenvalue weighted by Gasteiger charge is -2.12. The highest BCUT2D eigenvalue weighted by molar-refractivity contribution is 6.26. The Morgan fingerprint density at radius 1 is 0.469 bits per heavy atom. The van der Waals surface area contributed by atoms with Gasteiger partial charge in [0.15, 0.2) is 0 Å². The Balaban J connectivity index is 1.58. The highest BCUT2D eigenvalue weighted by Crippen LogP contribution is 2.40. The maximum absolute atomic E-state index is 6.31. The molecule has 0 saturated heterocycles. The molecule has 2 N–H and O–H groups in total. The van der Waals surface area contributed by atoms with Crippen LogP contribution in [0.4, 0.5) is 5.69 Å². The molecule has 0 radical (unpaired) electrons. The van der Waals surface area contributed by atoms with Crippen molar-refractivity contribution in [3.63, 3.8) is 0 Å². The molecule has 0 unspecified atom stereocenters. The number of anilines is 1. The topological polar surface area (TPSA) is 39.2 Å². The van der Waals surface area contributed by atoms with Crippen LogP contribution in [0.3, 0.4) is 0 Å². The van der Waals surface area contributed by atoms with E-state index in [4.69, 9.17) is 10.2 Å². The van der Waals surface area contributed by atoms with Crippen LogP contribution in [0.25, 0.3) is 65.4 Å². The van der Waals surface area contributed by atoms with Crippen LogP contribution >= 0.6 is 0 Å². The molecule has 0 saturated carbocycles. The van der Waals surface area contributed by atoms with Crippen LogP contribution < -0.4 is 5.73 Å². The van der Waals surface area contributed by atoms with E-state index in [0.29, 0.717) is 5.69 Å². The van der Waals surface area contributed by atoms with Crippen LogP contribution in [-0.2, 0) is 0 Å². The minimum atomic E-state index is 0.710. The fourth-order valence-electron chi connectivity index (χ4n) is 5.12. The summed E-state index contributed by atoms with van der Waals surface area (Å²) >= 11 is 0. The second-order valence-electron chi connectivity index (χ2n) is 8.39. The van der Waals surface area contributed by atoms with Crippen molar-refractivity contribution in [3.05, 3.63) is 103 Å². The Labute approximate surface area is 184 Å². The molecular weight excluding hydrogens is 390 g/mol.